The lowest BCUT2D eigenvalue weighted by Gasteiger charge is -2.49. The minimum Gasteiger partial charge on any atom is -0.465 e. The number of hydrogen-bond acceptors (Lipinski definition) is 8. The van der Waals surface area contributed by atoms with E-state index in [-0.39, 0.29) is 24.0 Å². The molecule has 1 N–H and O–H groups in total. The number of carbonyl (C=O) groups excluding carboxylic acids is 2. The highest BCUT2D eigenvalue weighted by Gasteiger charge is 2.43. The molecule has 11 nitrogen and oxygen atoms in total. The van der Waals surface area contributed by atoms with E-state index in [4.69, 9.17) is 9.72 Å². The van der Waals surface area contributed by atoms with Crippen LogP contribution in [0.25, 0.3) is 0 Å². The summed E-state index contributed by atoms with van der Waals surface area (Å²) in [6.45, 7) is 5.61. The molecule has 0 aliphatic carbocycles. The fourth-order valence-corrected chi connectivity index (χ4v) is 5.01. The van der Waals surface area contributed by atoms with Crippen LogP contribution in [0.2, 0.25) is 0 Å². The van der Waals surface area contributed by atoms with Gasteiger partial charge in [-0.05, 0) is 26.8 Å². The van der Waals surface area contributed by atoms with Gasteiger partial charge in [0.2, 0.25) is 11.9 Å². The molecular formula is C22H32N6O5. The van der Waals surface area contributed by atoms with E-state index in [0.29, 0.717) is 58.0 Å². The first-order chi connectivity index (χ1) is 15.8. The minimum atomic E-state index is -0.925. The smallest absolute Gasteiger partial charge is 0.407 e. The molecule has 0 saturated carbocycles. The lowest BCUT2D eigenvalue weighted by Crippen LogP contribution is -2.61. The van der Waals surface area contributed by atoms with Crippen LogP contribution in [-0.4, -0.2) is 106 Å². The molecule has 4 rings (SSSR count). The molecule has 3 aliphatic rings. The Labute approximate surface area is 193 Å². The maximum atomic E-state index is 12.7. The van der Waals surface area contributed by atoms with E-state index >= 15 is 0 Å². The van der Waals surface area contributed by atoms with Crippen molar-refractivity contribution in [2.24, 2.45) is 0 Å². The molecule has 1 aromatic heterocycles. The number of anilines is 1. The first-order valence-corrected chi connectivity index (χ1v) is 11.5. The van der Waals surface area contributed by atoms with Crippen LogP contribution < -0.4 is 4.90 Å². The number of rotatable bonds is 4. The summed E-state index contributed by atoms with van der Waals surface area (Å²) in [5, 5.41) is 9.24. The summed E-state index contributed by atoms with van der Waals surface area (Å²) in [7, 11) is 2.09. The minimum absolute atomic E-state index is 0.00250. The molecule has 0 bridgehead atoms. The first-order valence-electron chi connectivity index (χ1n) is 11.5. The van der Waals surface area contributed by atoms with E-state index in [2.05, 4.69) is 21.8 Å². The Kier molecular flexibility index (Phi) is 6.68. The van der Waals surface area contributed by atoms with Crippen molar-refractivity contribution in [1.29, 1.82) is 0 Å². The molecular weight excluding hydrogens is 428 g/mol. The molecule has 1 spiro atoms. The van der Waals surface area contributed by atoms with Crippen molar-refractivity contribution in [1.82, 2.24) is 24.7 Å². The van der Waals surface area contributed by atoms with Crippen LogP contribution in [-0.2, 0) is 27.3 Å². The van der Waals surface area contributed by atoms with Gasteiger partial charge in [-0.3, -0.25) is 14.5 Å². The fraction of sp³-hybridized carbons (Fsp3) is 0.682. The van der Waals surface area contributed by atoms with E-state index in [0.717, 1.165) is 30.8 Å². The van der Waals surface area contributed by atoms with Crippen LogP contribution in [0.5, 0.6) is 0 Å². The monoisotopic (exact) mass is 460 g/mol. The molecule has 4 heterocycles. The number of piperazine rings is 1. The van der Waals surface area contributed by atoms with Gasteiger partial charge >= 0.3 is 12.1 Å². The third-order valence-electron chi connectivity index (χ3n) is 7.10. The molecule has 11 heteroatoms. The number of nitrogens with zero attached hydrogens (tertiary/aromatic N) is 6. The Hall–Kier alpha value is -2.95. The summed E-state index contributed by atoms with van der Waals surface area (Å²) in [6, 6.07) is 0. The highest BCUT2D eigenvalue weighted by molar-refractivity contribution is 5.82. The number of carbonyl (C=O) groups is 3. The Morgan fingerprint density at radius 1 is 1.18 bits per heavy atom. The predicted molar refractivity (Wildman–Crippen MR) is 119 cm³/mol. The highest BCUT2D eigenvalue weighted by atomic mass is 16.5. The third-order valence-corrected chi connectivity index (χ3v) is 7.10. The second kappa shape index (κ2) is 9.50. The number of esters is 1. The molecule has 1 atom stereocenters. The van der Waals surface area contributed by atoms with Crippen LogP contribution in [0.1, 0.15) is 37.4 Å². The summed E-state index contributed by atoms with van der Waals surface area (Å²) >= 11 is 0. The summed E-state index contributed by atoms with van der Waals surface area (Å²) in [4.78, 5) is 52.7. The van der Waals surface area contributed by atoms with Crippen LogP contribution in [0, 0.1) is 0 Å². The third kappa shape index (κ3) is 4.87. The summed E-state index contributed by atoms with van der Waals surface area (Å²) in [5.74, 6) is 0.270. The van der Waals surface area contributed by atoms with Gasteiger partial charge in [0.25, 0.3) is 0 Å². The molecule has 2 amide bonds. The normalized spacial score (nSPS) is 23.9. The van der Waals surface area contributed by atoms with Crippen LogP contribution in [0.3, 0.4) is 0 Å². The van der Waals surface area contributed by atoms with Crippen molar-refractivity contribution < 1.29 is 24.2 Å². The van der Waals surface area contributed by atoms with Crippen molar-refractivity contribution in [3.05, 3.63) is 17.5 Å². The maximum absolute atomic E-state index is 12.7. The summed E-state index contributed by atoms with van der Waals surface area (Å²) < 4.78 is 5.03. The van der Waals surface area contributed by atoms with Gasteiger partial charge in [-0.15, -0.1) is 0 Å². The fourth-order valence-electron chi connectivity index (χ4n) is 5.01. The number of ether oxygens (including phenoxy) is 1. The zero-order valence-electron chi connectivity index (χ0n) is 19.3. The number of carboxylic acid groups (broad SMARTS) is 1. The maximum Gasteiger partial charge on any atom is 0.407 e. The molecule has 0 radical (unpaired) electrons. The molecule has 2 fully saturated rings. The van der Waals surface area contributed by atoms with Gasteiger partial charge in [-0.25, -0.2) is 14.8 Å². The number of likely N-dealkylation sites (tertiary alicyclic amines) is 1. The van der Waals surface area contributed by atoms with Crippen molar-refractivity contribution in [3.8, 4) is 0 Å². The lowest BCUT2D eigenvalue weighted by molar-refractivity contribution is -0.148. The average molecular weight is 461 g/mol. The zero-order valence-corrected chi connectivity index (χ0v) is 19.3. The Balaban J connectivity index is 1.48. The van der Waals surface area contributed by atoms with Crippen molar-refractivity contribution in [3.63, 3.8) is 0 Å². The van der Waals surface area contributed by atoms with Crippen LogP contribution >= 0.6 is 0 Å². The van der Waals surface area contributed by atoms with Crippen molar-refractivity contribution in [2.45, 2.75) is 44.7 Å². The van der Waals surface area contributed by atoms with Gasteiger partial charge in [-0.1, -0.05) is 0 Å². The second-order valence-corrected chi connectivity index (χ2v) is 9.03. The molecule has 1 unspecified atom stereocenters. The van der Waals surface area contributed by atoms with E-state index in [9.17, 15) is 19.5 Å². The molecule has 33 heavy (non-hydrogen) atoms. The van der Waals surface area contributed by atoms with Gasteiger partial charge < -0.3 is 24.5 Å². The molecule has 3 aliphatic heterocycles. The van der Waals surface area contributed by atoms with Gasteiger partial charge in [0, 0.05) is 62.9 Å². The van der Waals surface area contributed by atoms with Crippen LogP contribution in [0.4, 0.5) is 10.7 Å². The number of fused-ring (bicyclic) bond motifs is 1. The Morgan fingerprint density at radius 3 is 2.76 bits per heavy atom. The van der Waals surface area contributed by atoms with Crippen molar-refractivity contribution >= 4 is 23.9 Å². The van der Waals surface area contributed by atoms with Gasteiger partial charge in [0.05, 0.1) is 18.8 Å². The Bertz CT molecular complexity index is 927. The number of amides is 2. The van der Waals surface area contributed by atoms with Gasteiger partial charge in [-0.2, -0.15) is 0 Å². The molecule has 2 saturated heterocycles. The number of aromatic nitrogens is 2. The topological polar surface area (TPSA) is 119 Å². The van der Waals surface area contributed by atoms with Gasteiger partial charge in [0.15, 0.2) is 0 Å². The Morgan fingerprint density at radius 2 is 2.00 bits per heavy atom. The largest absolute Gasteiger partial charge is 0.465 e. The number of likely N-dealkylation sites (N-methyl/N-ethyl adjacent to an activating group) is 1. The van der Waals surface area contributed by atoms with Crippen molar-refractivity contribution in [2.75, 3.05) is 57.8 Å². The van der Waals surface area contributed by atoms with Crippen LogP contribution in [0.15, 0.2) is 6.20 Å². The van der Waals surface area contributed by atoms with E-state index in [1.807, 2.05) is 0 Å². The SMILES string of the molecule is CCOC(=O)CN1CCC2(CCC1=O)CN(c1ncc3c(n1)CCN(C(=O)O)C3)CCN2C. The van der Waals surface area contributed by atoms with E-state index in [1.165, 1.54) is 4.90 Å². The first kappa shape index (κ1) is 23.2. The quantitative estimate of drug-likeness (QED) is 0.643. The summed E-state index contributed by atoms with van der Waals surface area (Å²) in [5.41, 5.74) is 1.55. The molecule has 180 valence electrons. The predicted octanol–water partition coefficient (Wildman–Crippen LogP) is 0.579. The second-order valence-electron chi connectivity index (χ2n) is 9.03. The van der Waals surface area contributed by atoms with E-state index in [1.54, 1.807) is 18.0 Å². The standard InChI is InChI=1S/C22H32N6O5/c1-3-33-19(30)14-26-9-7-22(6-4-18(26)29)15-28(11-10-25(22)2)20-23-12-16-13-27(21(31)32)8-5-17(16)24-20/h12H,3-11,13-15H2,1-2H3,(H,31,32). The van der Waals surface area contributed by atoms with Gasteiger partial charge in [0.1, 0.15) is 6.54 Å². The average Bonchev–Trinajstić information content (AvgIpc) is 2.95. The van der Waals surface area contributed by atoms with E-state index < -0.39 is 6.09 Å². The summed E-state index contributed by atoms with van der Waals surface area (Å²) in [6.07, 6.45) is 3.24. The zero-order chi connectivity index (χ0) is 23.6. The lowest BCUT2D eigenvalue weighted by atomic mass is 9.86. The molecule has 0 aromatic carbocycles. The number of hydrogen-bond donors (Lipinski definition) is 1. The highest BCUT2D eigenvalue weighted by Crippen LogP contribution is 2.33. The molecule has 1 aromatic rings.